The number of nitrogens with zero attached hydrogens (tertiary/aromatic N) is 1. The van der Waals surface area contributed by atoms with E-state index in [0.29, 0.717) is 18.5 Å². The maximum atomic E-state index is 14.3. The molecule has 3 aromatic rings. The first-order chi connectivity index (χ1) is 19.6. The van der Waals surface area contributed by atoms with Crippen molar-refractivity contribution in [2.75, 3.05) is 13.6 Å². The Labute approximate surface area is 242 Å². The second-order valence-corrected chi connectivity index (χ2v) is 10.7. The van der Waals surface area contributed by atoms with Crippen molar-refractivity contribution in [2.45, 2.75) is 84.3 Å². The summed E-state index contributed by atoms with van der Waals surface area (Å²) in [6.07, 6.45) is 2.71. The number of unbranched alkanes of at least 4 members (excludes halogenated alkanes) is 1. The van der Waals surface area contributed by atoms with Crippen LogP contribution in [-0.4, -0.2) is 58.7 Å². The van der Waals surface area contributed by atoms with Crippen LogP contribution in [-0.2, 0) is 25.5 Å². The lowest BCUT2D eigenvalue weighted by molar-refractivity contribution is -0.147. The van der Waals surface area contributed by atoms with Crippen molar-refractivity contribution in [3.05, 3.63) is 71.4 Å². The topological polar surface area (TPSA) is 109 Å². The Bertz CT molecular complexity index is 1350. The molecule has 0 radical (unpaired) electrons. The number of amides is 2. The number of esters is 1. The number of carbonyl (C=O) groups is 4. The molecule has 0 bridgehead atoms. The summed E-state index contributed by atoms with van der Waals surface area (Å²) in [7, 11) is 1.66. The number of carbonyl (C=O) groups excluding carboxylic acids is 4. The van der Waals surface area contributed by atoms with Gasteiger partial charge in [-0.2, -0.15) is 0 Å². The minimum atomic E-state index is -1.87. The van der Waals surface area contributed by atoms with Crippen LogP contribution in [0, 0.1) is 6.92 Å². The van der Waals surface area contributed by atoms with Crippen molar-refractivity contribution >= 4 is 34.5 Å². The van der Waals surface area contributed by atoms with E-state index in [1.807, 2.05) is 45.0 Å². The number of ketones is 1. The summed E-state index contributed by atoms with van der Waals surface area (Å²) in [6.45, 7) is 7.70. The SMILES string of the molecule is CCCCN(C)C(=O)C(CCC(CCC)OC(C)=O)(NC(=O)Cc1c(C)[nH]c2ccccc12)C(=O)c1ccccc1. The lowest BCUT2D eigenvalue weighted by atomic mass is 9.81. The number of rotatable bonds is 15. The molecular weight excluding hydrogens is 518 g/mol. The van der Waals surface area contributed by atoms with Gasteiger partial charge < -0.3 is 19.9 Å². The third-order valence-corrected chi connectivity index (χ3v) is 7.48. The Morgan fingerprint density at radius 1 is 0.976 bits per heavy atom. The summed E-state index contributed by atoms with van der Waals surface area (Å²) in [4.78, 5) is 59.1. The zero-order valence-corrected chi connectivity index (χ0v) is 24.9. The van der Waals surface area contributed by atoms with Crippen LogP contribution in [0.15, 0.2) is 54.6 Å². The molecule has 41 heavy (non-hydrogen) atoms. The molecule has 0 fully saturated rings. The van der Waals surface area contributed by atoms with E-state index in [1.165, 1.54) is 11.8 Å². The zero-order valence-electron chi connectivity index (χ0n) is 24.9. The van der Waals surface area contributed by atoms with Crippen LogP contribution in [0.25, 0.3) is 10.9 Å². The molecule has 2 aromatic carbocycles. The van der Waals surface area contributed by atoms with Crippen LogP contribution < -0.4 is 5.32 Å². The number of Topliss-reactive ketones (excluding diaryl/α,β-unsaturated/α-hetero) is 1. The first-order valence-corrected chi connectivity index (χ1v) is 14.5. The van der Waals surface area contributed by atoms with Crippen LogP contribution in [0.5, 0.6) is 0 Å². The average Bonchev–Trinajstić information content (AvgIpc) is 3.27. The van der Waals surface area contributed by atoms with Crippen LogP contribution >= 0.6 is 0 Å². The fraction of sp³-hybridized carbons (Fsp3) is 0.455. The van der Waals surface area contributed by atoms with Crippen LogP contribution in [0.1, 0.15) is 80.9 Å². The zero-order chi connectivity index (χ0) is 30.0. The summed E-state index contributed by atoms with van der Waals surface area (Å²) in [5.74, 6) is -1.80. The second kappa shape index (κ2) is 14.6. The molecule has 2 amide bonds. The van der Waals surface area contributed by atoms with E-state index in [-0.39, 0.29) is 19.3 Å². The maximum absolute atomic E-state index is 14.3. The number of benzene rings is 2. The van der Waals surface area contributed by atoms with Gasteiger partial charge in [-0.15, -0.1) is 0 Å². The number of ether oxygens (including phenoxy) is 1. The summed E-state index contributed by atoms with van der Waals surface area (Å²) >= 11 is 0. The van der Waals surface area contributed by atoms with Gasteiger partial charge in [0.05, 0.1) is 6.42 Å². The number of para-hydroxylation sites is 1. The number of likely N-dealkylation sites (N-methyl/N-ethyl adjacent to an activating group) is 1. The lowest BCUT2D eigenvalue weighted by Crippen LogP contribution is -2.64. The van der Waals surface area contributed by atoms with E-state index in [1.54, 1.807) is 37.4 Å². The number of aromatic nitrogens is 1. The third-order valence-electron chi connectivity index (χ3n) is 7.48. The van der Waals surface area contributed by atoms with E-state index in [4.69, 9.17) is 4.74 Å². The van der Waals surface area contributed by atoms with Crippen molar-refractivity contribution in [3.63, 3.8) is 0 Å². The Balaban J connectivity index is 2.06. The summed E-state index contributed by atoms with van der Waals surface area (Å²) in [5, 5.41) is 3.85. The molecule has 8 nitrogen and oxygen atoms in total. The van der Waals surface area contributed by atoms with Gasteiger partial charge in [-0.1, -0.05) is 75.2 Å². The summed E-state index contributed by atoms with van der Waals surface area (Å²) < 4.78 is 5.54. The maximum Gasteiger partial charge on any atom is 0.302 e. The highest BCUT2D eigenvalue weighted by Crippen LogP contribution is 2.27. The van der Waals surface area contributed by atoms with Crippen molar-refractivity contribution in [1.82, 2.24) is 15.2 Å². The minimum absolute atomic E-state index is 0.00600. The number of hydrogen-bond donors (Lipinski definition) is 2. The van der Waals surface area contributed by atoms with Crippen molar-refractivity contribution < 1.29 is 23.9 Å². The highest BCUT2D eigenvalue weighted by molar-refractivity contribution is 6.19. The molecule has 2 atom stereocenters. The van der Waals surface area contributed by atoms with E-state index < -0.39 is 35.2 Å². The standard InChI is InChI=1S/C33H43N3O5/c1-6-8-21-36(5)32(40)33(31(39)25-15-10-9-11-16-25,20-19-26(14-7-2)41-24(4)37)35-30(38)22-28-23(3)34-29-18-13-12-17-27(28)29/h9-13,15-18,26,34H,6-8,14,19-22H2,1-5H3,(H,35,38). The first kappa shape index (κ1) is 31.6. The van der Waals surface area contributed by atoms with Gasteiger partial charge in [0.1, 0.15) is 6.10 Å². The third kappa shape index (κ3) is 7.84. The number of hydrogen-bond acceptors (Lipinski definition) is 5. The van der Waals surface area contributed by atoms with Gasteiger partial charge in [-0.05, 0) is 44.2 Å². The Morgan fingerprint density at radius 2 is 1.66 bits per heavy atom. The fourth-order valence-electron chi connectivity index (χ4n) is 5.35. The lowest BCUT2D eigenvalue weighted by Gasteiger charge is -2.36. The van der Waals surface area contributed by atoms with Crippen molar-refractivity contribution in [3.8, 4) is 0 Å². The Kier molecular flexibility index (Phi) is 11.3. The average molecular weight is 562 g/mol. The van der Waals surface area contributed by atoms with Crippen LogP contribution in [0.3, 0.4) is 0 Å². The molecule has 220 valence electrons. The van der Waals surface area contributed by atoms with E-state index >= 15 is 0 Å². The molecule has 0 aliphatic heterocycles. The Morgan fingerprint density at radius 3 is 2.32 bits per heavy atom. The van der Waals surface area contributed by atoms with Crippen LogP contribution in [0.4, 0.5) is 0 Å². The number of fused-ring (bicyclic) bond motifs is 1. The molecule has 8 heteroatoms. The molecule has 0 aliphatic carbocycles. The van der Waals surface area contributed by atoms with Gasteiger partial charge in [0.25, 0.3) is 5.91 Å². The van der Waals surface area contributed by atoms with Crippen molar-refractivity contribution in [2.24, 2.45) is 0 Å². The quantitative estimate of drug-likeness (QED) is 0.144. The molecule has 1 aromatic heterocycles. The predicted octanol–water partition coefficient (Wildman–Crippen LogP) is 5.53. The molecule has 2 N–H and O–H groups in total. The molecular formula is C33H43N3O5. The smallest absolute Gasteiger partial charge is 0.302 e. The highest BCUT2D eigenvalue weighted by atomic mass is 16.5. The number of nitrogens with one attached hydrogen (secondary N) is 2. The van der Waals surface area contributed by atoms with E-state index in [9.17, 15) is 19.2 Å². The number of H-pyrrole nitrogens is 1. The molecule has 2 unspecified atom stereocenters. The van der Waals surface area contributed by atoms with E-state index in [2.05, 4.69) is 10.3 Å². The van der Waals surface area contributed by atoms with Gasteiger partial charge in [0, 0.05) is 42.7 Å². The molecule has 3 rings (SSSR count). The predicted molar refractivity (Wildman–Crippen MR) is 161 cm³/mol. The summed E-state index contributed by atoms with van der Waals surface area (Å²) in [6, 6.07) is 16.3. The minimum Gasteiger partial charge on any atom is -0.463 e. The fourth-order valence-corrected chi connectivity index (χ4v) is 5.35. The first-order valence-electron chi connectivity index (χ1n) is 14.5. The Hall–Kier alpha value is -3.94. The molecule has 0 spiro atoms. The highest BCUT2D eigenvalue weighted by Gasteiger charge is 2.49. The molecule has 0 saturated carbocycles. The van der Waals surface area contributed by atoms with Gasteiger partial charge >= 0.3 is 5.97 Å². The largest absolute Gasteiger partial charge is 0.463 e. The molecule has 1 heterocycles. The van der Waals surface area contributed by atoms with Gasteiger partial charge in [-0.3, -0.25) is 19.2 Å². The summed E-state index contributed by atoms with van der Waals surface area (Å²) in [5.41, 5.74) is 1.04. The molecule has 0 saturated heterocycles. The van der Waals surface area contributed by atoms with Gasteiger partial charge in [0.15, 0.2) is 11.3 Å². The van der Waals surface area contributed by atoms with Gasteiger partial charge in [-0.25, -0.2) is 0 Å². The number of aryl methyl sites for hydroxylation is 1. The van der Waals surface area contributed by atoms with Gasteiger partial charge in [0.2, 0.25) is 5.91 Å². The molecule has 0 aliphatic rings. The second-order valence-electron chi connectivity index (χ2n) is 10.7. The van der Waals surface area contributed by atoms with Crippen LogP contribution in [0.2, 0.25) is 0 Å². The van der Waals surface area contributed by atoms with Crippen molar-refractivity contribution in [1.29, 1.82) is 0 Å². The monoisotopic (exact) mass is 561 g/mol. The van der Waals surface area contributed by atoms with E-state index in [0.717, 1.165) is 41.4 Å². The normalized spacial score (nSPS) is 13.3. The number of aromatic amines is 1.